The smallest absolute Gasteiger partial charge is 0.252 e. The van der Waals surface area contributed by atoms with E-state index in [0.29, 0.717) is 5.56 Å². The maximum atomic E-state index is 12.3. The molecule has 0 saturated carbocycles. The summed E-state index contributed by atoms with van der Waals surface area (Å²) in [5, 5.41) is 6.01. The van der Waals surface area contributed by atoms with Crippen molar-refractivity contribution < 1.29 is 4.79 Å². The highest BCUT2D eigenvalue weighted by Gasteiger charge is 2.14. The minimum Gasteiger partial charge on any atom is -0.361 e. The molecule has 1 unspecified atom stereocenters. The van der Waals surface area contributed by atoms with E-state index in [1.165, 1.54) is 0 Å². The van der Waals surface area contributed by atoms with Gasteiger partial charge >= 0.3 is 0 Å². The van der Waals surface area contributed by atoms with Crippen LogP contribution in [0.3, 0.4) is 0 Å². The quantitative estimate of drug-likeness (QED) is 0.748. The molecule has 0 spiro atoms. The summed E-state index contributed by atoms with van der Waals surface area (Å²) in [5.74, 6) is -0.0360. The molecule has 0 aliphatic rings. The fraction of sp³-hybridized carbons (Fsp3) is 0.133. The van der Waals surface area contributed by atoms with Crippen molar-refractivity contribution in [3.05, 3.63) is 58.4 Å². The molecule has 0 radical (unpaired) electrons. The first kappa shape index (κ1) is 12.0. The van der Waals surface area contributed by atoms with E-state index in [-0.39, 0.29) is 11.9 Å². The lowest BCUT2D eigenvalue weighted by molar-refractivity contribution is 0.0942. The van der Waals surface area contributed by atoms with Crippen LogP contribution in [-0.4, -0.2) is 10.9 Å². The number of hydrogen-bond donors (Lipinski definition) is 2. The average molecular weight is 270 g/mol. The molecule has 2 aromatic heterocycles. The molecule has 0 aliphatic carbocycles. The normalized spacial score (nSPS) is 12.5. The summed E-state index contributed by atoms with van der Waals surface area (Å²) < 4.78 is 0. The summed E-state index contributed by atoms with van der Waals surface area (Å²) in [7, 11) is 0. The van der Waals surface area contributed by atoms with E-state index >= 15 is 0 Å². The largest absolute Gasteiger partial charge is 0.361 e. The van der Waals surface area contributed by atoms with Gasteiger partial charge in [-0.3, -0.25) is 4.79 Å². The Hall–Kier alpha value is -2.07. The van der Waals surface area contributed by atoms with Crippen molar-refractivity contribution in [1.29, 1.82) is 0 Å². The molecule has 4 heteroatoms. The van der Waals surface area contributed by atoms with E-state index in [4.69, 9.17) is 0 Å². The maximum absolute atomic E-state index is 12.3. The highest BCUT2D eigenvalue weighted by atomic mass is 32.1. The molecule has 3 nitrogen and oxygen atoms in total. The lowest BCUT2D eigenvalue weighted by Gasteiger charge is -2.12. The third-order valence-electron chi connectivity index (χ3n) is 3.16. The van der Waals surface area contributed by atoms with Gasteiger partial charge in [-0.15, -0.1) is 11.3 Å². The van der Waals surface area contributed by atoms with Crippen LogP contribution in [0.25, 0.3) is 10.9 Å². The van der Waals surface area contributed by atoms with Crippen LogP contribution in [0, 0.1) is 0 Å². The molecule has 2 heterocycles. The van der Waals surface area contributed by atoms with Crippen molar-refractivity contribution in [2.24, 2.45) is 0 Å². The number of aromatic nitrogens is 1. The number of benzene rings is 1. The molecule has 19 heavy (non-hydrogen) atoms. The Morgan fingerprint density at radius 1 is 1.26 bits per heavy atom. The molecule has 1 aromatic carbocycles. The van der Waals surface area contributed by atoms with E-state index in [1.807, 2.05) is 54.9 Å². The maximum Gasteiger partial charge on any atom is 0.252 e. The zero-order valence-corrected chi connectivity index (χ0v) is 11.3. The van der Waals surface area contributed by atoms with Crippen molar-refractivity contribution >= 4 is 28.1 Å². The molecule has 0 aliphatic heterocycles. The molecule has 2 N–H and O–H groups in total. The molecule has 1 atom stereocenters. The monoisotopic (exact) mass is 270 g/mol. The standard InChI is InChI=1S/C15H14N2OS/c1-10(14-6-3-9-19-14)17-15(18)12-4-2-5-13-11(12)7-8-16-13/h2-10,16H,1H3,(H,17,18). The highest BCUT2D eigenvalue weighted by molar-refractivity contribution is 7.10. The first-order valence-corrected chi connectivity index (χ1v) is 7.04. The highest BCUT2D eigenvalue weighted by Crippen LogP contribution is 2.21. The number of carbonyl (C=O) groups is 1. The third-order valence-corrected chi connectivity index (χ3v) is 4.21. The van der Waals surface area contributed by atoms with Gasteiger partial charge in [0.1, 0.15) is 0 Å². The third kappa shape index (κ3) is 2.27. The second kappa shape index (κ2) is 4.90. The summed E-state index contributed by atoms with van der Waals surface area (Å²) in [4.78, 5) is 16.6. The predicted molar refractivity (Wildman–Crippen MR) is 78.5 cm³/mol. The van der Waals surface area contributed by atoms with Crippen LogP contribution in [0.2, 0.25) is 0 Å². The number of hydrogen-bond acceptors (Lipinski definition) is 2. The summed E-state index contributed by atoms with van der Waals surface area (Å²) >= 11 is 1.65. The van der Waals surface area contributed by atoms with Crippen LogP contribution in [0.5, 0.6) is 0 Å². The van der Waals surface area contributed by atoms with E-state index in [9.17, 15) is 4.79 Å². The van der Waals surface area contributed by atoms with Gasteiger partial charge in [0, 0.05) is 27.5 Å². The Labute approximate surface area is 115 Å². The summed E-state index contributed by atoms with van der Waals surface area (Å²) in [6.45, 7) is 2.00. The minimum atomic E-state index is -0.0360. The number of thiophene rings is 1. The Morgan fingerprint density at radius 3 is 2.95 bits per heavy atom. The number of amides is 1. The summed E-state index contributed by atoms with van der Waals surface area (Å²) in [5.41, 5.74) is 1.69. The molecule has 3 aromatic rings. The van der Waals surface area contributed by atoms with Gasteiger partial charge in [0.2, 0.25) is 0 Å². The van der Waals surface area contributed by atoms with Gasteiger partial charge < -0.3 is 10.3 Å². The van der Waals surface area contributed by atoms with Crippen molar-refractivity contribution in [3.63, 3.8) is 0 Å². The van der Waals surface area contributed by atoms with Gasteiger partial charge in [-0.05, 0) is 36.6 Å². The molecule has 3 rings (SSSR count). The fourth-order valence-electron chi connectivity index (χ4n) is 2.17. The van der Waals surface area contributed by atoms with Crippen LogP contribution in [0.15, 0.2) is 48.0 Å². The summed E-state index contributed by atoms with van der Waals surface area (Å²) in [6, 6.07) is 11.7. The van der Waals surface area contributed by atoms with Gasteiger partial charge in [-0.2, -0.15) is 0 Å². The number of fused-ring (bicyclic) bond motifs is 1. The van der Waals surface area contributed by atoms with Gasteiger partial charge in [0.25, 0.3) is 5.91 Å². The van der Waals surface area contributed by atoms with Crippen LogP contribution in [-0.2, 0) is 0 Å². The van der Waals surface area contributed by atoms with Gasteiger partial charge in [-0.25, -0.2) is 0 Å². The lowest BCUT2D eigenvalue weighted by atomic mass is 10.1. The van der Waals surface area contributed by atoms with E-state index in [1.54, 1.807) is 11.3 Å². The van der Waals surface area contributed by atoms with Gasteiger partial charge in [0.15, 0.2) is 0 Å². The molecular formula is C15H14N2OS. The second-order valence-electron chi connectivity index (χ2n) is 4.46. The molecule has 0 bridgehead atoms. The van der Waals surface area contributed by atoms with E-state index in [2.05, 4.69) is 10.3 Å². The minimum absolute atomic E-state index is 0.0293. The van der Waals surface area contributed by atoms with E-state index in [0.717, 1.165) is 15.8 Å². The Bertz CT molecular complexity index is 700. The number of H-pyrrole nitrogens is 1. The fourth-order valence-corrected chi connectivity index (χ4v) is 2.90. The topological polar surface area (TPSA) is 44.9 Å². The molecule has 0 saturated heterocycles. The number of carbonyl (C=O) groups excluding carboxylic acids is 1. The number of aromatic amines is 1. The van der Waals surface area contributed by atoms with E-state index < -0.39 is 0 Å². The van der Waals surface area contributed by atoms with Crippen LogP contribution in [0.1, 0.15) is 28.2 Å². The zero-order valence-electron chi connectivity index (χ0n) is 10.5. The Morgan fingerprint density at radius 2 is 2.16 bits per heavy atom. The van der Waals surface area contributed by atoms with Crippen LogP contribution < -0.4 is 5.32 Å². The first-order valence-electron chi connectivity index (χ1n) is 6.16. The van der Waals surface area contributed by atoms with Crippen molar-refractivity contribution in [2.75, 3.05) is 0 Å². The van der Waals surface area contributed by atoms with Gasteiger partial charge in [0.05, 0.1) is 6.04 Å². The average Bonchev–Trinajstić information content (AvgIpc) is 3.08. The lowest BCUT2D eigenvalue weighted by Crippen LogP contribution is -2.26. The van der Waals surface area contributed by atoms with Crippen LogP contribution >= 0.6 is 11.3 Å². The zero-order chi connectivity index (χ0) is 13.2. The predicted octanol–water partition coefficient (Wildman–Crippen LogP) is 3.72. The van der Waals surface area contributed by atoms with Crippen LogP contribution in [0.4, 0.5) is 0 Å². The van der Waals surface area contributed by atoms with Crippen molar-refractivity contribution in [2.45, 2.75) is 13.0 Å². The molecule has 0 fully saturated rings. The first-order chi connectivity index (χ1) is 9.25. The van der Waals surface area contributed by atoms with Crippen molar-refractivity contribution in [1.82, 2.24) is 10.3 Å². The molecular weight excluding hydrogens is 256 g/mol. The number of rotatable bonds is 3. The summed E-state index contributed by atoms with van der Waals surface area (Å²) in [6.07, 6.45) is 1.85. The Kier molecular flexibility index (Phi) is 3.09. The number of nitrogens with one attached hydrogen (secondary N) is 2. The van der Waals surface area contributed by atoms with Gasteiger partial charge in [-0.1, -0.05) is 12.1 Å². The molecule has 96 valence electrons. The molecule has 1 amide bonds. The second-order valence-corrected chi connectivity index (χ2v) is 5.43. The Balaban J connectivity index is 1.86. The SMILES string of the molecule is CC(NC(=O)c1cccc2[nH]ccc12)c1cccs1. The van der Waals surface area contributed by atoms with Crippen molar-refractivity contribution in [3.8, 4) is 0 Å².